The van der Waals surface area contributed by atoms with Crippen molar-refractivity contribution in [2.45, 2.75) is 50.4 Å². The summed E-state index contributed by atoms with van der Waals surface area (Å²) >= 11 is 0. The van der Waals surface area contributed by atoms with Gasteiger partial charge in [0.1, 0.15) is 0 Å². The number of hydrogen-bond donors (Lipinski definition) is 2. The number of carbonyl (C=O) groups excluding carboxylic acids is 1. The molecule has 6 heteroatoms. The smallest absolute Gasteiger partial charge is 0.368 e. The molecule has 0 aliphatic heterocycles. The Labute approximate surface area is 86.2 Å². The van der Waals surface area contributed by atoms with Crippen molar-refractivity contribution in [3.63, 3.8) is 0 Å². The topological polar surface area (TPSA) is 55.1 Å². The van der Waals surface area contributed by atoms with Crippen molar-refractivity contribution in [2.75, 3.05) is 0 Å². The van der Waals surface area contributed by atoms with Gasteiger partial charge in [-0.25, -0.2) is 0 Å². The van der Waals surface area contributed by atoms with E-state index in [9.17, 15) is 18.0 Å². The number of halogens is 3. The maximum atomic E-state index is 12.6. The molecule has 0 spiro atoms. The number of alkyl halides is 3. The summed E-state index contributed by atoms with van der Waals surface area (Å²) < 4.78 is 37.9. The first kappa shape index (κ1) is 12.3. The van der Waals surface area contributed by atoms with Crippen LogP contribution >= 0.6 is 0 Å². The van der Waals surface area contributed by atoms with E-state index in [2.05, 4.69) is 5.32 Å². The Morgan fingerprint density at radius 3 is 2.13 bits per heavy atom. The van der Waals surface area contributed by atoms with E-state index in [-0.39, 0.29) is 6.04 Å². The van der Waals surface area contributed by atoms with E-state index < -0.39 is 17.6 Å². The molecule has 0 aromatic carbocycles. The molecule has 88 valence electrons. The Balaban J connectivity index is 2.77. The molecule has 1 unspecified atom stereocenters. The Bertz CT molecular complexity index is 248. The second-order valence-electron chi connectivity index (χ2n) is 4.11. The average Bonchev–Trinajstić information content (AvgIpc) is 2.54. The van der Waals surface area contributed by atoms with E-state index in [1.807, 2.05) is 0 Å². The number of rotatable bonds is 3. The predicted octanol–water partition coefficient (Wildman–Crippen LogP) is 1.32. The predicted molar refractivity (Wildman–Crippen MR) is 49.0 cm³/mol. The van der Waals surface area contributed by atoms with Gasteiger partial charge in [-0.1, -0.05) is 12.8 Å². The van der Waals surface area contributed by atoms with Crippen LogP contribution in [-0.2, 0) is 4.79 Å². The van der Waals surface area contributed by atoms with E-state index in [0.29, 0.717) is 12.8 Å². The minimum absolute atomic E-state index is 0.260. The van der Waals surface area contributed by atoms with Crippen molar-refractivity contribution in [3.8, 4) is 0 Å². The lowest BCUT2D eigenvalue weighted by Crippen LogP contribution is -2.64. The third-order valence-electron chi connectivity index (χ3n) is 2.91. The van der Waals surface area contributed by atoms with Gasteiger partial charge in [-0.15, -0.1) is 0 Å². The van der Waals surface area contributed by atoms with Gasteiger partial charge >= 0.3 is 6.18 Å². The summed E-state index contributed by atoms with van der Waals surface area (Å²) in [6.45, 7) is 0.799. The van der Waals surface area contributed by atoms with Gasteiger partial charge in [0.15, 0.2) is 5.54 Å². The molecule has 1 fully saturated rings. The van der Waals surface area contributed by atoms with Crippen LogP contribution in [-0.4, -0.2) is 23.7 Å². The standard InChI is InChI=1S/C9H15F3N2O/c1-8(7(13)15,9(10,11)12)14-6-4-2-3-5-6/h6,14H,2-5H2,1H3,(H2,13,15). The van der Waals surface area contributed by atoms with Crippen molar-refractivity contribution in [1.29, 1.82) is 0 Å². The Morgan fingerprint density at radius 2 is 1.80 bits per heavy atom. The minimum Gasteiger partial charge on any atom is -0.368 e. The number of nitrogens with two attached hydrogens (primary N) is 1. The third-order valence-corrected chi connectivity index (χ3v) is 2.91. The van der Waals surface area contributed by atoms with Crippen molar-refractivity contribution in [2.24, 2.45) is 5.73 Å². The molecule has 1 saturated carbocycles. The second kappa shape index (κ2) is 4.00. The lowest BCUT2D eigenvalue weighted by molar-refractivity contribution is -0.195. The van der Waals surface area contributed by atoms with Crippen LogP contribution < -0.4 is 11.1 Å². The third kappa shape index (κ3) is 2.42. The first-order valence-corrected chi connectivity index (χ1v) is 4.91. The van der Waals surface area contributed by atoms with Crippen LogP contribution in [0.15, 0.2) is 0 Å². The lowest BCUT2D eigenvalue weighted by Gasteiger charge is -2.32. The highest BCUT2D eigenvalue weighted by Crippen LogP contribution is 2.32. The highest BCUT2D eigenvalue weighted by Gasteiger charge is 2.56. The molecule has 0 saturated heterocycles. The van der Waals surface area contributed by atoms with Crippen LogP contribution in [0, 0.1) is 0 Å². The molecule has 3 nitrogen and oxygen atoms in total. The lowest BCUT2D eigenvalue weighted by atomic mass is 9.99. The van der Waals surface area contributed by atoms with Gasteiger partial charge in [0.2, 0.25) is 5.91 Å². The highest BCUT2D eigenvalue weighted by molar-refractivity contribution is 5.85. The monoisotopic (exact) mass is 224 g/mol. The van der Waals surface area contributed by atoms with Crippen LogP contribution in [0.25, 0.3) is 0 Å². The van der Waals surface area contributed by atoms with Gasteiger partial charge in [0.05, 0.1) is 0 Å². The molecule has 0 radical (unpaired) electrons. The molecule has 0 heterocycles. The van der Waals surface area contributed by atoms with Gasteiger partial charge in [0.25, 0.3) is 0 Å². The fourth-order valence-electron chi connectivity index (χ4n) is 1.77. The summed E-state index contributed by atoms with van der Waals surface area (Å²) in [5.74, 6) is -1.37. The molecular formula is C9H15F3N2O. The summed E-state index contributed by atoms with van der Waals surface area (Å²) in [7, 11) is 0. The van der Waals surface area contributed by atoms with Crippen LogP contribution in [0.3, 0.4) is 0 Å². The zero-order valence-corrected chi connectivity index (χ0v) is 8.53. The first-order chi connectivity index (χ1) is 6.77. The zero-order valence-electron chi connectivity index (χ0n) is 8.53. The number of amides is 1. The normalized spacial score (nSPS) is 22.7. The minimum atomic E-state index is -4.65. The Hall–Kier alpha value is -0.780. The molecular weight excluding hydrogens is 209 g/mol. The zero-order chi connectivity index (χ0) is 11.7. The van der Waals surface area contributed by atoms with E-state index >= 15 is 0 Å². The van der Waals surface area contributed by atoms with E-state index in [4.69, 9.17) is 5.73 Å². The molecule has 0 bridgehead atoms. The maximum absolute atomic E-state index is 12.6. The summed E-state index contributed by atoms with van der Waals surface area (Å²) in [5, 5.41) is 2.33. The van der Waals surface area contributed by atoms with E-state index in [0.717, 1.165) is 19.8 Å². The fourth-order valence-corrected chi connectivity index (χ4v) is 1.77. The van der Waals surface area contributed by atoms with Gasteiger partial charge in [0, 0.05) is 6.04 Å². The molecule has 1 atom stereocenters. The van der Waals surface area contributed by atoms with E-state index in [1.54, 1.807) is 0 Å². The average molecular weight is 224 g/mol. The molecule has 1 aliphatic carbocycles. The van der Waals surface area contributed by atoms with Crippen molar-refractivity contribution in [3.05, 3.63) is 0 Å². The van der Waals surface area contributed by atoms with E-state index in [1.165, 1.54) is 0 Å². The molecule has 3 N–H and O–H groups in total. The van der Waals surface area contributed by atoms with Crippen LogP contribution in [0.5, 0.6) is 0 Å². The van der Waals surface area contributed by atoms with Crippen molar-refractivity contribution < 1.29 is 18.0 Å². The highest BCUT2D eigenvalue weighted by atomic mass is 19.4. The van der Waals surface area contributed by atoms with Crippen molar-refractivity contribution in [1.82, 2.24) is 5.32 Å². The van der Waals surface area contributed by atoms with Gasteiger partial charge in [-0.05, 0) is 19.8 Å². The molecule has 0 aromatic rings. The largest absolute Gasteiger partial charge is 0.415 e. The molecule has 1 rings (SSSR count). The number of primary amides is 1. The van der Waals surface area contributed by atoms with Crippen LogP contribution in [0.1, 0.15) is 32.6 Å². The van der Waals surface area contributed by atoms with Gasteiger partial charge < -0.3 is 5.73 Å². The fraction of sp³-hybridized carbons (Fsp3) is 0.889. The van der Waals surface area contributed by atoms with Gasteiger partial charge in [-0.2, -0.15) is 13.2 Å². The SMILES string of the molecule is CC(NC1CCCC1)(C(N)=O)C(F)(F)F. The van der Waals surface area contributed by atoms with Gasteiger partial charge in [-0.3, -0.25) is 10.1 Å². The molecule has 15 heavy (non-hydrogen) atoms. The quantitative estimate of drug-likeness (QED) is 0.759. The summed E-state index contributed by atoms with van der Waals surface area (Å²) in [6.07, 6.45) is -1.53. The molecule has 1 aliphatic rings. The Morgan fingerprint density at radius 1 is 1.33 bits per heavy atom. The molecule has 1 amide bonds. The number of nitrogens with one attached hydrogen (secondary N) is 1. The number of carbonyl (C=O) groups is 1. The second-order valence-corrected chi connectivity index (χ2v) is 4.11. The van der Waals surface area contributed by atoms with Crippen molar-refractivity contribution >= 4 is 5.91 Å². The Kier molecular flexibility index (Phi) is 3.28. The summed E-state index contributed by atoms with van der Waals surface area (Å²) in [6, 6.07) is -0.260. The molecule has 0 aromatic heterocycles. The first-order valence-electron chi connectivity index (χ1n) is 4.91. The van der Waals surface area contributed by atoms with Crippen LogP contribution in [0.4, 0.5) is 13.2 Å². The number of hydrogen-bond acceptors (Lipinski definition) is 2. The van der Waals surface area contributed by atoms with Crippen LogP contribution in [0.2, 0.25) is 0 Å². The summed E-state index contributed by atoms with van der Waals surface area (Å²) in [5.41, 5.74) is 2.20. The maximum Gasteiger partial charge on any atom is 0.415 e. The summed E-state index contributed by atoms with van der Waals surface area (Å²) in [4.78, 5) is 10.9.